The lowest BCUT2D eigenvalue weighted by atomic mass is 10.1. The predicted octanol–water partition coefficient (Wildman–Crippen LogP) is 2.42. The lowest BCUT2D eigenvalue weighted by molar-refractivity contribution is -0.152. The molecule has 1 aromatic heterocycles. The number of hydrogen-bond acceptors (Lipinski definition) is 8. The summed E-state index contributed by atoms with van der Waals surface area (Å²) in [6.45, 7) is -0.375. The molecule has 1 atom stereocenters. The SMILES string of the molecule is O=C(CSc1nc2ccccc2o1)OCC(=O)N(C1CCCC1)[C@@H]1CCS(=O)(=O)C1. The Labute approximate surface area is 179 Å². The molecule has 1 amide bonds. The van der Waals surface area contributed by atoms with Crippen LogP contribution in [0.3, 0.4) is 0 Å². The third-order valence-electron chi connectivity index (χ3n) is 5.55. The fourth-order valence-electron chi connectivity index (χ4n) is 4.17. The van der Waals surface area contributed by atoms with Gasteiger partial charge in [0.25, 0.3) is 11.1 Å². The number of sulfone groups is 1. The molecular weight excluding hydrogens is 428 g/mol. The number of amides is 1. The second-order valence-corrected chi connectivity index (χ2v) is 10.8. The summed E-state index contributed by atoms with van der Waals surface area (Å²) in [4.78, 5) is 30.9. The number of esters is 1. The Kier molecular flexibility index (Phi) is 6.33. The van der Waals surface area contributed by atoms with Crippen LogP contribution < -0.4 is 0 Å². The van der Waals surface area contributed by atoms with Crippen LogP contribution in [0.5, 0.6) is 0 Å². The molecule has 1 aromatic carbocycles. The molecule has 0 spiro atoms. The number of ether oxygens (including phenoxy) is 1. The number of carbonyl (C=O) groups excluding carboxylic acids is 2. The molecule has 0 radical (unpaired) electrons. The zero-order valence-electron chi connectivity index (χ0n) is 16.5. The van der Waals surface area contributed by atoms with Gasteiger partial charge in [-0.05, 0) is 31.4 Å². The summed E-state index contributed by atoms with van der Waals surface area (Å²) in [6.07, 6.45) is 4.23. The molecule has 1 saturated heterocycles. The Balaban J connectivity index is 1.31. The average molecular weight is 453 g/mol. The molecule has 2 aliphatic rings. The first-order valence-corrected chi connectivity index (χ1v) is 12.9. The first kappa shape index (κ1) is 21.2. The quantitative estimate of drug-likeness (QED) is 0.466. The molecule has 30 heavy (non-hydrogen) atoms. The van der Waals surface area contributed by atoms with Gasteiger partial charge < -0.3 is 14.1 Å². The van der Waals surface area contributed by atoms with Gasteiger partial charge in [-0.15, -0.1) is 0 Å². The van der Waals surface area contributed by atoms with E-state index in [1.165, 1.54) is 0 Å². The van der Waals surface area contributed by atoms with Gasteiger partial charge in [0.15, 0.2) is 22.0 Å². The third-order valence-corrected chi connectivity index (χ3v) is 8.10. The summed E-state index contributed by atoms with van der Waals surface area (Å²) in [6, 6.07) is 7.02. The maximum Gasteiger partial charge on any atom is 0.316 e. The smallest absolute Gasteiger partial charge is 0.316 e. The second-order valence-electron chi connectivity index (χ2n) is 7.69. The first-order valence-electron chi connectivity index (χ1n) is 10.1. The Hall–Kier alpha value is -2.07. The highest BCUT2D eigenvalue weighted by Crippen LogP contribution is 2.29. The van der Waals surface area contributed by atoms with E-state index in [1.54, 1.807) is 11.0 Å². The van der Waals surface area contributed by atoms with E-state index in [9.17, 15) is 18.0 Å². The van der Waals surface area contributed by atoms with E-state index in [1.807, 2.05) is 18.2 Å². The van der Waals surface area contributed by atoms with Crippen LogP contribution in [0, 0.1) is 0 Å². The zero-order chi connectivity index (χ0) is 21.1. The number of carbonyl (C=O) groups is 2. The minimum Gasteiger partial charge on any atom is -0.455 e. The van der Waals surface area contributed by atoms with Crippen molar-refractivity contribution in [1.82, 2.24) is 9.88 Å². The van der Waals surface area contributed by atoms with Gasteiger partial charge >= 0.3 is 5.97 Å². The number of hydrogen-bond donors (Lipinski definition) is 0. The predicted molar refractivity (Wildman–Crippen MR) is 112 cm³/mol. The monoisotopic (exact) mass is 452 g/mol. The van der Waals surface area contributed by atoms with E-state index in [4.69, 9.17) is 9.15 Å². The Morgan fingerprint density at radius 3 is 2.63 bits per heavy atom. The van der Waals surface area contributed by atoms with Crippen LogP contribution in [0.25, 0.3) is 11.1 Å². The van der Waals surface area contributed by atoms with E-state index in [-0.39, 0.29) is 41.9 Å². The fourth-order valence-corrected chi connectivity index (χ4v) is 6.52. The van der Waals surface area contributed by atoms with E-state index in [2.05, 4.69) is 4.98 Å². The number of oxazole rings is 1. The van der Waals surface area contributed by atoms with Gasteiger partial charge in [0, 0.05) is 12.1 Å². The topological polar surface area (TPSA) is 107 Å². The summed E-state index contributed by atoms with van der Waals surface area (Å²) in [5, 5.41) is 0.364. The Bertz CT molecular complexity index is 996. The number of para-hydroxylation sites is 2. The normalized spacial score (nSPS) is 21.1. The van der Waals surface area contributed by atoms with Crippen molar-refractivity contribution in [1.29, 1.82) is 0 Å². The van der Waals surface area contributed by atoms with Crippen molar-refractivity contribution in [2.75, 3.05) is 23.9 Å². The average Bonchev–Trinajstić information content (AvgIpc) is 3.45. The molecule has 8 nitrogen and oxygen atoms in total. The fraction of sp³-hybridized carbons (Fsp3) is 0.550. The number of thioether (sulfide) groups is 1. The van der Waals surface area contributed by atoms with Gasteiger partial charge in [0.05, 0.1) is 11.5 Å². The molecule has 1 aliphatic heterocycles. The van der Waals surface area contributed by atoms with E-state index < -0.39 is 15.8 Å². The van der Waals surface area contributed by atoms with Crippen molar-refractivity contribution in [3.05, 3.63) is 24.3 Å². The Morgan fingerprint density at radius 1 is 1.17 bits per heavy atom. The highest BCUT2D eigenvalue weighted by molar-refractivity contribution is 7.99. The first-order chi connectivity index (χ1) is 14.4. The molecule has 10 heteroatoms. The number of fused-ring (bicyclic) bond motifs is 1. The molecule has 2 fully saturated rings. The summed E-state index contributed by atoms with van der Waals surface area (Å²) in [5.74, 6) is -0.780. The second kappa shape index (κ2) is 8.97. The van der Waals surface area contributed by atoms with Crippen LogP contribution in [0.15, 0.2) is 33.9 Å². The molecule has 2 heterocycles. The van der Waals surface area contributed by atoms with Gasteiger partial charge in [-0.2, -0.15) is 0 Å². The number of aromatic nitrogens is 1. The van der Waals surface area contributed by atoms with E-state index in [0.717, 1.165) is 37.4 Å². The molecule has 0 N–H and O–H groups in total. The molecule has 0 bridgehead atoms. The number of rotatable bonds is 7. The highest BCUT2D eigenvalue weighted by Gasteiger charge is 2.39. The van der Waals surface area contributed by atoms with Gasteiger partial charge in [-0.3, -0.25) is 9.59 Å². The molecule has 1 saturated carbocycles. The largest absolute Gasteiger partial charge is 0.455 e. The van der Waals surface area contributed by atoms with Crippen molar-refractivity contribution in [2.24, 2.45) is 0 Å². The number of nitrogens with zero attached hydrogens (tertiary/aromatic N) is 2. The van der Waals surface area contributed by atoms with Crippen molar-refractivity contribution in [3.8, 4) is 0 Å². The molecule has 1 aliphatic carbocycles. The molecule has 162 valence electrons. The summed E-state index contributed by atoms with van der Waals surface area (Å²) in [7, 11) is -3.11. The lowest BCUT2D eigenvalue weighted by Crippen LogP contribution is -2.48. The van der Waals surface area contributed by atoms with Crippen LogP contribution >= 0.6 is 11.8 Å². The van der Waals surface area contributed by atoms with Crippen molar-refractivity contribution in [3.63, 3.8) is 0 Å². The van der Waals surface area contributed by atoms with Crippen molar-refractivity contribution >= 4 is 44.6 Å². The summed E-state index contributed by atoms with van der Waals surface area (Å²) in [5.41, 5.74) is 1.35. The Morgan fingerprint density at radius 2 is 1.93 bits per heavy atom. The van der Waals surface area contributed by atoms with Gasteiger partial charge in [-0.25, -0.2) is 13.4 Å². The minimum atomic E-state index is -3.11. The molecule has 2 aromatic rings. The van der Waals surface area contributed by atoms with Gasteiger partial charge in [0.2, 0.25) is 0 Å². The zero-order valence-corrected chi connectivity index (χ0v) is 18.1. The van der Waals surface area contributed by atoms with Gasteiger partial charge in [0.1, 0.15) is 11.3 Å². The van der Waals surface area contributed by atoms with Gasteiger partial charge in [-0.1, -0.05) is 36.7 Å². The summed E-state index contributed by atoms with van der Waals surface area (Å²) >= 11 is 1.11. The maximum absolute atomic E-state index is 12.8. The third kappa shape index (κ3) is 4.97. The van der Waals surface area contributed by atoms with Crippen LogP contribution in [0.1, 0.15) is 32.1 Å². The molecule has 0 unspecified atom stereocenters. The van der Waals surface area contributed by atoms with Crippen LogP contribution in [0.2, 0.25) is 0 Å². The van der Waals surface area contributed by atoms with Crippen molar-refractivity contribution < 1.29 is 27.2 Å². The van der Waals surface area contributed by atoms with Crippen molar-refractivity contribution in [2.45, 2.75) is 49.4 Å². The van der Waals surface area contributed by atoms with Crippen LogP contribution in [-0.4, -0.2) is 66.1 Å². The minimum absolute atomic E-state index is 0.00321. The lowest BCUT2D eigenvalue weighted by Gasteiger charge is -2.33. The van der Waals surface area contributed by atoms with E-state index in [0.29, 0.717) is 22.7 Å². The van der Waals surface area contributed by atoms with E-state index >= 15 is 0 Å². The maximum atomic E-state index is 12.8. The van der Waals surface area contributed by atoms with Crippen LogP contribution in [-0.2, 0) is 24.2 Å². The highest BCUT2D eigenvalue weighted by atomic mass is 32.2. The number of benzene rings is 1. The standard InChI is InChI=1S/C20H24N2O6S2/c23-18(22(14-5-1-2-6-14)15-9-10-30(25,26)13-15)11-27-19(24)12-29-20-21-16-7-3-4-8-17(16)28-20/h3-4,7-8,14-15H,1-2,5-6,9-13H2/t15-/m1/s1. The molecular formula is C20H24N2O6S2. The van der Waals surface area contributed by atoms with Crippen LogP contribution in [0.4, 0.5) is 0 Å². The summed E-state index contributed by atoms with van der Waals surface area (Å²) < 4.78 is 34.5. The molecule has 4 rings (SSSR count).